The predicted octanol–water partition coefficient (Wildman–Crippen LogP) is 4.14. The van der Waals surface area contributed by atoms with Gasteiger partial charge in [0, 0.05) is 5.56 Å². The van der Waals surface area contributed by atoms with Crippen molar-refractivity contribution in [3.05, 3.63) is 64.9 Å². The first-order valence-corrected chi connectivity index (χ1v) is 8.60. The van der Waals surface area contributed by atoms with Crippen molar-refractivity contribution in [3.63, 3.8) is 0 Å². The number of ether oxygens (including phenoxy) is 3. The number of esters is 1. The molecule has 134 valence electrons. The summed E-state index contributed by atoms with van der Waals surface area (Å²) < 4.78 is 16.5. The van der Waals surface area contributed by atoms with E-state index in [2.05, 4.69) is 4.99 Å². The highest BCUT2D eigenvalue weighted by Gasteiger charge is 2.25. The third kappa shape index (κ3) is 3.77. The number of carbonyl (C=O) groups is 1. The van der Waals surface area contributed by atoms with E-state index in [9.17, 15) is 4.79 Å². The normalized spacial score (nSPS) is 15.0. The van der Waals surface area contributed by atoms with Crippen molar-refractivity contribution < 1.29 is 19.0 Å². The zero-order valence-corrected chi connectivity index (χ0v) is 15.1. The first kappa shape index (κ1) is 17.7. The predicted molar refractivity (Wildman–Crippen MR) is 101 cm³/mol. The van der Waals surface area contributed by atoms with Gasteiger partial charge < -0.3 is 14.2 Å². The minimum Gasteiger partial charge on any atom is -0.490 e. The van der Waals surface area contributed by atoms with E-state index in [1.807, 2.05) is 63.2 Å². The minimum absolute atomic E-state index is 0.259. The first-order chi connectivity index (χ1) is 12.6. The van der Waals surface area contributed by atoms with Crippen molar-refractivity contribution in [2.24, 2.45) is 4.99 Å². The van der Waals surface area contributed by atoms with Gasteiger partial charge in [-0.2, -0.15) is 0 Å². The van der Waals surface area contributed by atoms with Crippen LogP contribution < -0.4 is 9.47 Å². The molecule has 1 aliphatic heterocycles. The topological polar surface area (TPSA) is 57.1 Å². The number of aryl methyl sites for hydroxylation is 1. The summed E-state index contributed by atoms with van der Waals surface area (Å²) in [6, 6.07) is 13.2. The van der Waals surface area contributed by atoms with E-state index >= 15 is 0 Å². The fourth-order valence-electron chi connectivity index (χ4n) is 2.65. The van der Waals surface area contributed by atoms with Gasteiger partial charge >= 0.3 is 5.97 Å². The zero-order chi connectivity index (χ0) is 18.5. The Balaban J connectivity index is 1.93. The van der Waals surface area contributed by atoms with Crippen LogP contribution in [0.1, 0.15) is 30.5 Å². The number of benzene rings is 2. The SMILES string of the molecule is CCOc1ccc(/C=C2\N=C(c3ccccc3C)OC2=O)cc1OCC. The van der Waals surface area contributed by atoms with Gasteiger partial charge in [0.1, 0.15) is 0 Å². The van der Waals surface area contributed by atoms with Crippen molar-refractivity contribution in [2.75, 3.05) is 13.2 Å². The number of aliphatic imine (C=N–C) groups is 1. The molecule has 0 bridgehead atoms. The molecule has 0 aliphatic carbocycles. The number of carbonyl (C=O) groups excluding carboxylic acids is 1. The maximum Gasteiger partial charge on any atom is 0.363 e. The highest BCUT2D eigenvalue weighted by Crippen LogP contribution is 2.30. The van der Waals surface area contributed by atoms with Crippen molar-refractivity contribution in [1.29, 1.82) is 0 Å². The number of rotatable bonds is 6. The zero-order valence-electron chi connectivity index (χ0n) is 15.1. The number of cyclic esters (lactones) is 1. The summed E-state index contributed by atoms with van der Waals surface area (Å²) in [6.45, 7) is 6.86. The van der Waals surface area contributed by atoms with Gasteiger partial charge in [0.05, 0.1) is 13.2 Å². The fraction of sp³-hybridized carbons (Fsp3) is 0.238. The van der Waals surface area contributed by atoms with Gasteiger partial charge in [0.15, 0.2) is 17.2 Å². The number of hydrogen-bond acceptors (Lipinski definition) is 5. The van der Waals surface area contributed by atoms with Crippen LogP contribution in [-0.4, -0.2) is 25.1 Å². The monoisotopic (exact) mass is 351 g/mol. The van der Waals surface area contributed by atoms with Gasteiger partial charge in [0.2, 0.25) is 5.90 Å². The Morgan fingerprint density at radius 1 is 1.04 bits per heavy atom. The van der Waals surface area contributed by atoms with Gasteiger partial charge in [-0.05, 0) is 56.2 Å². The lowest BCUT2D eigenvalue weighted by molar-refractivity contribution is -0.129. The van der Waals surface area contributed by atoms with E-state index in [0.717, 1.165) is 16.7 Å². The molecule has 5 heteroatoms. The maximum absolute atomic E-state index is 12.2. The van der Waals surface area contributed by atoms with Crippen molar-refractivity contribution in [3.8, 4) is 11.5 Å². The average molecular weight is 351 g/mol. The summed E-state index contributed by atoms with van der Waals surface area (Å²) in [6.07, 6.45) is 1.69. The Hall–Kier alpha value is -3.08. The lowest BCUT2D eigenvalue weighted by Gasteiger charge is -2.11. The van der Waals surface area contributed by atoms with Crippen LogP contribution in [0.25, 0.3) is 6.08 Å². The van der Waals surface area contributed by atoms with Crippen molar-refractivity contribution >= 4 is 17.9 Å². The average Bonchev–Trinajstić information content (AvgIpc) is 2.98. The van der Waals surface area contributed by atoms with Crippen LogP contribution in [0.2, 0.25) is 0 Å². The Morgan fingerprint density at radius 3 is 2.50 bits per heavy atom. The van der Waals surface area contributed by atoms with Crippen LogP contribution in [0.3, 0.4) is 0 Å². The minimum atomic E-state index is -0.463. The van der Waals surface area contributed by atoms with Crippen LogP contribution >= 0.6 is 0 Å². The highest BCUT2D eigenvalue weighted by atomic mass is 16.6. The molecule has 0 saturated heterocycles. The molecule has 1 aliphatic rings. The van der Waals surface area contributed by atoms with E-state index in [0.29, 0.717) is 30.6 Å². The summed E-state index contributed by atoms with van der Waals surface area (Å²) in [5.41, 5.74) is 2.86. The van der Waals surface area contributed by atoms with Crippen molar-refractivity contribution in [1.82, 2.24) is 0 Å². The first-order valence-electron chi connectivity index (χ1n) is 8.60. The molecule has 0 saturated carbocycles. The second-order valence-corrected chi connectivity index (χ2v) is 5.72. The van der Waals surface area contributed by atoms with E-state index < -0.39 is 5.97 Å². The summed E-state index contributed by atoms with van der Waals surface area (Å²) in [4.78, 5) is 16.6. The lowest BCUT2D eigenvalue weighted by Crippen LogP contribution is -2.06. The van der Waals surface area contributed by atoms with E-state index in [-0.39, 0.29) is 5.70 Å². The molecule has 0 fully saturated rings. The summed E-state index contributed by atoms with van der Waals surface area (Å²) in [7, 11) is 0. The van der Waals surface area contributed by atoms with E-state index in [1.165, 1.54) is 0 Å². The molecule has 0 radical (unpaired) electrons. The second-order valence-electron chi connectivity index (χ2n) is 5.72. The molecule has 2 aromatic carbocycles. The van der Waals surface area contributed by atoms with Crippen LogP contribution in [0.4, 0.5) is 0 Å². The Labute approximate surface area is 152 Å². The van der Waals surface area contributed by atoms with Gasteiger partial charge in [0.25, 0.3) is 0 Å². The van der Waals surface area contributed by atoms with E-state index in [4.69, 9.17) is 14.2 Å². The third-order valence-electron chi connectivity index (χ3n) is 3.87. The molecular formula is C21H21NO4. The van der Waals surface area contributed by atoms with Crippen molar-refractivity contribution in [2.45, 2.75) is 20.8 Å². The fourth-order valence-corrected chi connectivity index (χ4v) is 2.65. The molecule has 5 nitrogen and oxygen atoms in total. The Morgan fingerprint density at radius 2 is 1.77 bits per heavy atom. The molecule has 0 spiro atoms. The van der Waals surface area contributed by atoms with E-state index in [1.54, 1.807) is 6.08 Å². The van der Waals surface area contributed by atoms with Gasteiger partial charge in [-0.15, -0.1) is 0 Å². The highest BCUT2D eigenvalue weighted by molar-refractivity contribution is 6.13. The molecule has 26 heavy (non-hydrogen) atoms. The summed E-state index contributed by atoms with van der Waals surface area (Å²) in [5, 5.41) is 0. The van der Waals surface area contributed by atoms with Crippen LogP contribution in [-0.2, 0) is 9.53 Å². The quantitative estimate of drug-likeness (QED) is 0.580. The Kier molecular flexibility index (Phi) is 5.37. The Bertz CT molecular complexity index is 883. The van der Waals surface area contributed by atoms with Gasteiger partial charge in [-0.1, -0.05) is 24.3 Å². The number of hydrogen-bond donors (Lipinski definition) is 0. The number of nitrogens with zero attached hydrogens (tertiary/aromatic N) is 1. The van der Waals surface area contributed by atoms with Crippen LogP contribution in [0.15, 0.2) is 53.2 Å². The third-order valence-corrected chi connectivity index (χ3v) is 3.87. The van der Waals surface area contributed by atoms with Gasteiger partial charge in [-0.25, -0.2) is 9.79 Å². The molecule has 0 atom stereocenters. The second kappa shape index (κ2) is 7.87. The molecule has 1 heterocycles. The molecule has 0 aromatic heterocycles. The molecule has 0 amide bonds. The summed E-state index contributed by atoms with van der Waals surface area (Å²) in [5.74, 6) is 1.18. The molecule has 0 unspecified atom stereocenters. The molecule has 2 aromatic rings. The molecular weight excluding hydrogens is 330 g/mol. The standard InChI is InChI=1S/C21H21NO4/c1-4-24-18-11-10-15(13-19(18)25-5-2)12-17-21(23)26-20(22-17)16-9-7-6-8-14(16)3/h6-13H,4-5H2,1-3H3/b17-12-. The molecule has 0 N–H and O–H groups in total. The lowest BCUT2D eigenvalue weighted by atomic mass is 10.1. The molecule has 3 rings (SSSR count). The summed E-state index contributed by atoms with van der Waals surface area (Å²) >= 11 is 0. The van der Waals surface area contributed by atoms with Crippen LogP contribution in [0.5, 0.6) is 11.5 Å². The largest absolute Gasteiger partial charge is 0.490 e. The van der Waals surface area contributed by atoms with Gasteiger partial charge in [-0.3, -0.25) is 0 Å². The smallest absolute Gasteiger partial charge is 0.363 e. The maximum atomic E-state index is 12.2. The van der Waals surface area contributed by atoms with Crippen LogP contribution in [0, 0.1) is 6.92 Å².